The Balaban J connectivity index is 2.08. The van der Waals surface area contributed by atoms with Gasteiger partial charge in [-0.2, -0.15) is 0 Å². The molecule has 0 aliphatic rings. The van der Waals surface area contributed by atoms with Gasteiger partial charge in [0.15, 0.2) is 5.78 Å². The van der Waals surface area contributed by atoms with Gasteiger partial charge in [0.25, 0.3) is 11.5 Å². The second kappa shape index (κ2) is 6.57. The number of carbonyl (C=O) groups excluding carboxylic acids is 2. The van der Waals surface area contributed by atoms with E-state index in [1.807, 2.05) is 18.2 Å². The maximum Gasteiger partial charge on any atom is 0.269 e. The van der Waals surface area contributed by atoms with Gasteiger partial charge in [0.2, 0.25) is 0 Å². The average molecular weight is 359 g/mol. The molecular weight excluding hydrogens is 342 g/mol. The predicted octanol–water partition coefficient (Wildman–Crippen LogP) is 2.76. The van der Waals surface area contributed by atoms with Crippen LogP contribution in [0.1, 0.15) is 33.2 Å². The van der Waals surface area contributed by atoms with Crippen LogP contribution in [0, 0.1) is 0 Å². The molecule has 0 aliphatic carbocycles. The summed E-state index contributed by atoms with van der Waals surface area (Å²) in [6.07, 6.45) is 0. The molecule has 0 bridgehead atoms. The molecule has 1 amide bonds. The number of carbonyl (C=O) groups is 2. The van der Waals surface area contributed by atoms with Crippen LogP contribution in [0.5, 0.6) is 0 Å². The van der Waals surface area contributed by atoms with E-state index in [1.165, 1.54) is 10.5 Å². The Bertz CT molecular complexity index is 1240. The molecule has 0 fully saturated rings. The minimum Gasteiger partial charge on any atom is -0.352 e. The number of H-pyrrole nitrogens is 1. The molecule has 2 heterocycles. The lowest BCUT2D eigenvalue weighted by atomic mass is 10.0. The molecule has 2 N–H and O–H groups in total. The molecule has 2 aromatic heterocycles. The molecule has 134 valence electrons. The molecule has 0 radical (unpaired) electrons. The summed E-state index contributed by atoms with van der Waals surface area (Å²) >= 11 is 0. The van der Waals surface area contributed by atoms with Crippen molar-refractivity contribution in [3.05, 3.63) is 87.7 Å². The van der Waals surface area contributed by atoms with Crippen molar-refractivity contribution in [2.45, 2.75) is 6.92 Å². The highest BCUT2D eigenvalue weighted by Crippen LogP contribution is 2.21. The Kier molecular flexibility index (Phi) is 4.08. The van der Waals surface area contributed by atoms with Gasteiger partial charge in [-0.1, -0.05) is 42.5 Å². The van der Waals surface area contributed by atoms with E-state index < -0.39 is 11.5 Å². The van der Waals surface area contributed by atoms with Crippen molar-refractivity contribution in [3.8, 4) is 0 Å². The highest BCUT2D eigenvalue weighted by Gasteiger charge is 2.22. The number of aromatic amines is 1. The number of fused-ring (bicyclic) bond motifs is 3. The average Bonchev–Trinajstić information content (AvgIpc) is 3.08. The molecule has 4 rings (SSSR count). The number of pyridine rings is 1. The summed E-state index contributed by atoms with van der Waals surface area (Å²) in [5.41, 5.74) is 1.95. The number of hydrogen-bond donors (Lipinski definition) is 2. The minimum absolute atomic E-state index is 0.0571. The number of amides is 1. The first-order chi connectivity index (χ1) is 13.1. The quantitative estimate of drug-likeness (QED) is 0.550. The van der Waals surface area contributed by atoms with Crippen molar-refractivity contribution in [2.75, 3.05) is 6.54 Å². The third kappa shape index (κ3) is 2.71. The molecule has 2 aromatic carbocycles. The van der Waals surface area contributed by atoms with Gasteiger partial charge in [-0.3, -0.25) is 18.8 Å². The normalized spacial score (nSPS) is 11.0. The van der Waals surface area contributed by atoms with Crippen LogP contribution in [0.3, 0.4) is 0 Å². The highest BCUT2D eigenvalue weighted by molar-refractivity contribution is 6.14. The first-order valence-electron chi connectivity index (χ1n) is 8.66. The third-order valence-corrected chi connectivity index (χ3v) is 4.46. The SMILES string of the molecule is CCNC(=O)c1cc(C(=O)c2ccccc2)c2[nH]c3ccccc3n2c1=O. The first kappa shape index (κ1) is 16.8. The van der Waals surface area contributed by atoms with Crippen LogP contribution in [0.2, 0.25) is 0 Å². The first-order valence-corrected chi connectivity index (χ1v) is 8.66. The van der Waals surface area contributed by atoms with Gasteiger partial charge in [0, 0.05) is 12.1 Å². The van der Waals surface area contributed by atoms with Crippen LogP contribution in [0.4, 0.5) is 0 Å². The smallest absolute Gasteiger partial charge is 0.269 e. The van der Waals surface area contributed by atoms with Gasteiger partial charge >= 0.3 is 0 Å². The minimum atomic E-state index is -0.496. The summed E-state index contributed by atoms with van der Waals surface area (Å²) in [5, 5.41) is 2.64. The second-order valence-corrected chi connectivity index (χ2v) is 6.16. The van der Waals surface area contributed by atoms with Crippen molar-refractivity contribution >= 4 is 28.4 Å². The van der Waals surface area contributed by atoms with Gasteiger partial charge in [0.1, 0.15) is 11.2 Å². The number of benzene rings is 2. The highest BCUT2D eigenvalue weighted by atomic mass is 16.2. The van der Waals surface area contributed by atoms with Crippen molar-refractivity contribution in [2.24, 2.45) is 0 Å². The summed E-state index contributed by atoms with van der Waals surface area (Å²) in [5.74, 6) is -0.755. The van der Waals surface area contributed by atoms with E-state index in [9.17, 15) is 14.4 Å². The predicted molar refractivity (Wildman–Crippen MR) is 103 cm³/mol. The van der Waals surface area contributed by atoms with Crippen molar-refractivity contribution in [3.63, 3.8) is 0 Å². The van der Waals surface area contributed by atoms with E-state index in [4.69, 9.17) is 0 Å². The number of ketones is 1. The van der Waals surface area contributed by atoms with Crippen LogP contribution in [-0.4, -0.2) is 27.6 Å². The lowest BCUT2D eigenvalue weighted by molar-refractivity contribution is 0.0954. The largest absolute Gasteiger partial charge is 0.352 e. The van der Waals surface area contributed by atoms with Gasteiger partial charge in [-0.25, -0.2) is 0 Å². The van der Waals surface area contributed by atoms with Crippen molar-refractivity contribution in [1.29, 1.82) is 0 Å². The lowest BCUT2D eigenvalue weighted by Gasteiger charge is -2.08. The number of rotatable bonds is 4. The van der Waals surface area contributed by atoms with Gasteiger partial charge in [-0.15, -0.1) is 0 Å². The number of hydrogen-bond acceptors (Lipinski definition) is 3. The van der Waals surface area contributed by atoms with Crippen molar-refractivity contribution in [1.82, 2.24) is 14.7 Å². The third-order valence-electron chi connectivity index (χ3n) is 4.46. The zero-order chi connectivity index (χ0) is 19.0. The zero-order valence-electron chi connectivity index (χ0n) is 14.7. The van der Waals surface area contributed by atoms with Crippen molar-refractivity contribution < 1.29 is 9.59 Å². The van der Waals surface area contributed by atoms with E-state index in [1.54, 1.807) is 43.3 Å². The Morgan fingerprint density at radius 2 is 1.70 bits per heavy atom. The van der Waals surface area contributed by atoms with E-state index >= 15 is 0 Å². The number of para-hydroxylation sites is 2. The molecule has 6 heteroatoms. The van der Waals surface area contributed by atoms with Crippen LogP contribution in [-0.2, 0) is 0 Å². The fraction of sp³-hybridized carbons (Fsp3) is 0.0952. The van der Waals surface area contributed by atoms with Crippen LogP contribution < -0.4 is 10.9 Å². The summed E-state index contributed by atoms with van der Waals surface area (Å²) in [6.45, 7) is 2.16. The van der Waals surface area contributed by atoms with Crippen LogP contribution in [0.25, 0.3) is 16.7 Å². The van der Waals surface area contributed by atoms with Gasteiger partial charge < -0.3 is 10.3 Å². The number of imidazole rings is 1. The van der Waals surface area contributed by atoms with Crippen LogP contribution >= 0.6 is 0 Å². The second-order valence-electron chi connectivity index (χ2n) is 6.16. The Labute approximate surface area is 154 Å². The summed E-state index contributed by atoms with van der Waals surface area (Å²) < 4.78 is 1.40. The van der Waals surface area contributed by atoms with E-state index in [2.05, 4.69) is 10.3 Å². The molecule has 0 saturated carbocycles. The Hall–Kier alpha value is -3.67. The number of nitrogens with zero attached hydrogens (tertiary/aromatic N) is 1. The summed E-state index contributed by atoms with van der Waals surface area (Å²) in [4.78, 5) is 41.7. The van der Waals surface area contributed by atoms with Gasteiger partial charge in [-0.05, 0) is 25.1 Å². The molecule has 0 unspecified atom stereocenters. The van der Waals surface area contributed by atoms with E-state index in [-0.39, 0.29) is 16.9 Å². The maximum absolute atomic E-state index is 13.1. The summed E-state index contributed by atoms with van der Waals surface area (Å²) in [7, 11) is 0. The fourth-order valence-corrected chi connectivity index (χ4v) is 3.21. The topological polar surface area (TPSA) is 83.4 Å². The standard InChI is InChI=1S/C21H17N3O3/c1-2-22-20(26)15-12-14(18(25)13-8-4-3-5-9-13)19-23-16-10-6-7-11-17(16)24(19)21(15)27/h3-12,23H,2H2,1H3,(H,22,26). The van der Waals surface area contributed by atoms with E-state index in [0.29, 0.717) is 28.8 Å². The molecule has 0 spiro atoms. The summed E-state index contributed by atoms with van der Waals surface area (Å²) in [6, 6.07) is 17.4. The molecule has 4 aromatic rings. The number of aromatic nitrogens is 2. The molecule has 27 heavy (non-hydrogen) atoms. The fourth-order valence-electron chi connectivity index (χ4n) is 3.21. The Morgan fingerprint density at radius 1 is 1.00 bits per heavy atom. The lowest BCUT2D eigenvalue weighted by Crippen LogP contribution is -2.31. The molecule has 0 saturated heterocycles. The van der Waals surface area contributed by atoms with Crippen LogP contribution in [0.15, 0.2) is 65.5 Å². The van der Waals surface area contributed by atoms with E-state index in [0.717, 1.165) is 0 Å². The molecule has 0 atom stereocenters. The Morgan fingerprint density at radius 3 is 2.44 bits per heavy atom. The molecular formula is C21H17N3O3. The maximum atomic E-state index is 13.1. The monoisotopic (exact) mass is 359 g/mol. The zero-order valence-corrected chi connectivity index (χ0v) is 14.7. The number of nitrogens with one attached hydrogen (secondary N) is 2. The van der Waals surface area contributed by atoms with Gasteiger partial charge in [0.05, 0.1) is 16.6 Å². The molecule has 6 nitrogen and oxygen atoms in total. The molecule has 0 aliphatic heterocycles.